The molecular weight excluding hydrogens is 458 g/mol. The topological polar surface area (TPSA) is 77.1 Å². The van der Waals surface area contributed by atoms with Crippen LogP contribution >= 0.6 is 27.5 Å². The van der Waals surface area contributed by atoms with Crippen molar-refractivity contribution in [2.75, 3.05) is 0 Å². The van der Waals surface area contributed by atoms with E-state index >= 15 is 0 Å². The molecule has 0 aliphatic carbocycles. The average Bonchev–Trinajstić information content (AvgIpc) is 3.08. The van der Waals surface area contributed by atoms with Crippen molar-refractivity contribution in [3.63, 3.8) is 0 Å². The number of hydrogen-bond acceptors (Lipinski definition) is 3. The molecule has 0 atom stereocenters. The molecule has 1 N–H and O–H groups in total. The molecule has 0 spiro atoms. The molecule has 2 aromatic carbocycles. The van der Waals surface area contributed by atoms with Crippen molar-refractivity contribution in [2.45, 2.75) is 6.92 Å². The van der Waals surface area contributed by atoms with Gasteiger partial charge in [-0.2, -0.15) is 0 Å². The SMILES string of the molecule is Cc1[nH]n(-c2cccc(Cl)c2)c(=O)c1C=Nc1cc2c(cc1Br)n(C)c(=O)n2C. The van der Waals surface area contributed by atoms with Gasteiger partial charge in [0.2, 0.25) is 0 Å². The number of aryl methyl sites for hydroxylation is 3. The van der Waals surface area contributed by atoms with Gasteiger partial charge in [-0.25, -0.2) is 9.48 Å². The number of aromatic amines is 1. The summed E-state index contributed by atoms with van der Waals surface area (Å²) in [6.07, 6.45) is 1.53. The fraction of sp³-hybridized carbons (Fsp3) is 0.150. The van der Waals surface area contributed by atoms with E-state index in [-0.39, 0.29) is 11.2 Å². The molecule has 0 unspecified atom stereocenters. The van der Waals surface area contributed by atoms with E-state index in [0.29, 0.717) is 27.7 Å². The summed E-state index contributed by atoms with van der Waals surface area (Å²) in [5.41, 5.74) is 3.61. The quantitative estimate of drug-likeness (QED) is 0.458. The largest absolute Gasteiger partial charge is 0.328 e. The molecule has 4 aromatic rings. The Bertz CT molecular complexity index is 1410. The molecule has 0 saturated heterocycles. The molecule has 0 amide bonds. The molecule has 0 fully saturated rings. The van der Waals surface area contributed by atoms with Crippen LogP contribution in [-0.4, -0.2) is 25.1 Å². The first-order valence-corrected chi connectivity index (χ1v) is 9.91. The Morgan fingerprint density at radius 2 is 1.79 bits per heavy atom. The Kier molecular flexibility index (Phi) is 4.84. The number of rotatable bonds is 3. The van der Waals surface area contributed by atoms with Gasteiger partial charge in [0.15, 0.2) is 0 Å². The molecule has 7 nitrogen and oxygen atoms in total. The number of aliphatic imine (C=N–C) groups is 1. The number of benzene rings is 2. The van der Waals surface area contributed by atoms with Crippen molar-refractivity contribution in [3.05, 3.63) is 78.0 Å². The van der Waals surface area contributed by atoms with Crippen LogP contribution in [0, 0.1) is 6.92 Å². The number of hydrogen-bond donors (Lipinski definition) is 1. The van der Waals surface area contributed by atoms with Gasteiger partial charge in [-0.05, 0) is 53.2 Å². The minimum atomic E-state index is -0.224. The summed E-state index contributed by atoms with van der Waals surface area (Å²) < 4.78 is 5.30. The third-order valence-corrected chi connectivity index (χ3v) is 5.73. The van der Waals surface area contributed by atoms with Gasteiger partial charge in [-0.3, -0.25) is 24.0 Å². The number of H-pyrrole nitrogens is 1. The van der Waals surface area contributed by atoms with Gasteiger partial charge >= 0.3 is 5.69 Å². The third-order valence-electron chi connectivity index (χ3n) is 4.86. The molecule has 0 bridgehead atoms. The predicted molar refractivity (Wildman–Crippen MR) is 119 cm³/mol. The summed E-state index contributed by atoms with van der Waals surface area (Å²) >= 11 is 9.54. The molecule has 2 aromatic heterocycles. The lowest BCUT2D eigenvalue weighted by Crippen LogP contribution is -2.19. The van der Waals surface area contributed by atoms with Gasteiger partial charge in [0, 0.05) is 35.5 Å². The number of nitrogens with one attached hydrogen (secondary N) is 1. The van der Waals surface area contributed by atoms with Gasteiger partial charge in [0.1, 0.15) is 0 Å². The first-order valence-electron chi connectivity index (χ1n) is 8.74. The summed E-state index contributed by atoms with van der Waals surface area (Å²) in [6, 6.07) is 10.7. The smallest absolute Gasteiger partial charge is 0.295 e. The van der Waals surface area contributed by atoms with E-state index in [9.17, 15) is 9.59 Å². The van der Waals surface area contributed by atoms with Crippen LogP contribution in [0.3, 0.4) is 0 Å². The molecule has 9 heteroatoms. The first-order chi connectivity index (χ1) is 13.8. The summed E-state index contributed by atoms with van der Waals surface area (Å²) in [6.45, 7) is 1.81. The number of fused-ring (bicyclic) bond motifs is 1. The van der Waals surface area contributed by atoms with Gasteiger partial charge in [0.25, 0.3) is 5.56 Å². The van der Waals surface area contributed by atoms with Crippen LogP contribution in [0.1, 0.15) is 11.3 Å². The van der Waals surface area contributed by atoms with Crippen molar-refractivity contribution >= 4 is 50.5 Å². The van der Waals surface area contributed by atoms with Crippen molar-refractivity contribution in [3.8, 4) is 5.69 Å². The molecule has 0 aliphatic rings. The summed E-state index contributed by atoms with van der Waals surface area (Å²) in [4.78, 5) is 29.5. The normalized spacial score (nSPS) is 11.8. The standard InChI is InChI=1S/C20H17BrClN5O2/c1-11-14(19(28)27(24-11)13-6-4-5-12(22)7-13)10-23-16-9-18-17(8-15(16)21)25(2)20(29)26(18)3/h4-10,24H,1-3H3. The summed E-state index contributed by atoms with van der Waals surface area (Å²) in [5.74, 6) is 0. The van der Waals surface area contributed by atoms with E-state index in [2.05, 4.69) is 26.0 Å². The van der Waals surface area contributed by atoms with Crippen molar-refractivity contribution in [2.24, 2.45) is 19.1 Å². The Labute approximate surface area is 179 Å². The van der Waals surface area contributed by atoms with Gasteiger partial charge in [0.05, 0.1) is 28.0 Å². The molecule has 0 aliphatic heterocycles. The Morgan fingerprint density at radius 1 is 1.10 bits per heavy atom. The maximum atomic E-state index is 12.9. The maximum absolute atomic E-state index is 12.9. The zero-order chi connectivity index (χ0) is 20.9. The van der Waals surface area contributed by atoms with Crippen LogP contribution in [0.15, 0.2) is 55.5 Å². The van der Waals surface area contributed by atoms with Crippen LogP contribution in [0.5, 0.6) is 0 Å². The molecule has 0 radical (unpaired) electrons. The van der Waals surface area contributed by atoms with Crippen LogP contribution in [0.2, 0.25) is 5.02 Å². The highest BCUT2D eigenvalue weighted by molar-refractivity contribution is 9.10. The number of imidazole rings is 1. The van der Waals surface area contributed by atoms with E-state index in [0.717, 1.165) is 15.5 Å². The zero-order valence-corrected chi connectivity index (χ0v) is 18.2. The van der Waals surface area contributed by atoms with Gasteiger partial charge < -0.3 is 0 Å². The van der Waals surface area contributed by atoms with E-state index < -0.39 is 0 Å². The molecule has 4 rings (SSSR count). The zero-order valence-electron chi connectivity index (χ0n) is 15.9. The number of aromatic nitrogens is 4. The van der Waals surface area contributed by atoms with Gasteiger partial charge in [-0.1, -0.05) is 17.7 Å². The van der Waals surface area contributed by atoms with E-state index in [1.807, 2.05) is 19.1 Å². The Balaban J connectivity index is 1.79. The molecule has 2 heterocycles. The number of nitrogens with zero attached hydrogens (tertiary/aromatic N) is 4. The van der Waals surface area contributed by atoms with Crippen molar-refractivity contribution in [1.29, 1.82) is 0 Å². The summed E-state index contributed by atoms with van der Waals surface area (Å²) in [5, 5.41) is 3.59. The molecule has 0 saturated carbocycles. The first kappa shape index (κ1) is 19.5. The highest BCUT2D eigenvalue weighted by atomic mass is 79.9. The highest BCUT2D eigenvalue weighted by Gasteiger charge is 2.13. The minimum absolute atomic E-state index is 0.112. The minimum Gasteiger partial charge on any atom is -0.295 e. The monoisotopic (exact) mass is 473 g/mol. The lowest BCUT2D eigenvalue weighted by Gasteiger charge is -2.01. The van der Waals surface area contributed by atoms with Gasteiger partial charge in [-0.15, -0.1) is 0 Å². The third kappa shape index (κ3) is 3.28. The van der Waals surface area contributed by atoms with E-state index in [1.165, 1.54) is 10.9 Å². The van der Waals surface area contributed by atoms with E-state index in [4.69, 9.17) is 11.6 Å². The van der Waals surface area contributed by atoms with Crippen LogP contribution in [0.25, 0.3) is 16.7 Å². The van der Waals surface area contributed by atoms with Crippen LogP contribution in [0.4, 0.5) is 5.69 Å². The highest BCUT2D eigenvalue weighted by Crippen LogP contribution is 2.30. The average molecular weight is 475 g/mol. The maximum Gasteiger partial charge on any atom is 0.328 e. The predicted octanol–water partition coefficient (Wildman–Crippen LogP) is 3.83. The van der Waals surface area contributed by atoms with Crippen molar-refractivity contribution < 1.29 is 0 Å². The van der Waals surface area contributed by atoms with E-state index in [1.54, 1.807) is 47.5 Å². The lowest BCUT2D eigenvalue weighted by molar-refractivity contribution is 0.795. The fourth-order valence-corrected chi connectivity index (χ4v) is 3.87. The number of halogens is 2. The van der Waals surface area contributed by atoms with Crippen LogP contribution < -0.4 is 11.2 Å². The lowest BCUT2D eigenvalue weighted by atomic mass is 10.2. The molecule has 148 valence electrons. The second kappa shape index (κ2) is 7.20. The Hall–Kier alpha value is -2.84. The Morgan fingerprint density at radius 3 is 2.48 bits per heavy atom. The molecular formula is C20H17BrClN5O2. The summed E-state index contributed by atoms with van der Waals surface area (Å²) in [7, 11) is 3.44. The fourth-order valence-electron chi connectivity index (χ4n) is 3.25. The van der Waals surface area contributed by atoms with Crippen LogP contribution in [-0.2, 0) is 14.1 Å². The second-order valence-electron chi connectivity index (χ2n) is 6.72. The van der Waals surface area contributed by atoms with Crippen molar-refractivity contribution in [1.82, 2.24) is 18.9 Å². The molecule has 29 heavy (non-hydrogen) atoms. The second-order valence-corrected chi connectivity index (χ2v) is 8.01.